The first-order valence-electron chi connectivity index (χ1n) is 8.14. The second-order valence-electron chi connectivity index (χ2n) is 5.48. The number of methoxy groups -OCH3 is 1. The number of nitrogens with zero attached hydrogens (tertiary/aromatic N) is 1. The van der Waals surface area contributed by atoms with Crippen LogP contribution in [-0.2, 0) is 11.3 Å². The number of nitrogens with one attached hydrogen (secondary N) is 1. The van der Waals surface area contributed by atoms with Crippen LogP contribution in [0.2, 0.25) is 5.02 Å². The average Bonchev–Trinajstić information content (AvgIpc) is 2.67. The summed E-state index contributed by atoms with van der Waals surface area (Å²) in [6.45, 7) is 0.563. The molecule has 0 radical (unpaired) electrons. The molecule has 1 N–H and O–H groups in total. The number of hydrogen-bond acceptors (Lipinski definition) is 5. The number of benzene rings is 2. The summed E-state index contributed by atoms with van der Waals surface area (Å²) in [6.07, 6.45) is 3.42. The van der Waals surface area contributed by atoms with Crippen molar-refractivity contribution in [1.29, 1.82) is 0 Å². The fourth-order valence-corrected chi connectivity index (χ4v) is 2.45. The third kappa shape index (κ3) is 6.31. The molecule has 0 aromatic heterocycles. The van der Waals surface area contributed by atoms with E-state index in [1.165, 1.54) is 19.2 Å². The van der Waals surface area contributed by atoms with E-state index in [0.717, 1.165) is 5.56 Å². The van der Waals surface area contributed by atoms with Gasteiger partial charge in [0.15, 0.2) is 5.75 Å². The molecule has 0 bridgehead atoms. The van der Waals surface area contributed by atoms with Gasteiger partial charge >= 0.3 is 11.8 Å². The van der Waals surface area contributed by atoms with Crippen molar-refractivity contribution in [2.75, 3.05) is 13.7 Å². The Balaban J connectivity index is 1.81. The van der Waals surface area contributed by atoms with Crippen molar-refractivity contribution in [3.63, 3.8) is 0 Å². The van der Waals surface area contributed by atoms with Gasteiger partial charge in [-0.2, -0.15) is 0 Å². The van der Waals surface area contributed by atoms with Crippen molar-refractivity contribution in [2.24, 2.45) is 0 Å². The van der Waals surface area contributed by atoms with Gasteiger partial charge in [-0.1, -0.05) is 54.1 Å². The number of hydrogen-bond donors (Lipinski definition) is 1. The maximum Gasteiger partial charge on any atom is 0.407 e. The largest absolute Gasteiger partial charge is 0.490 e. The quantitative estimate of drug-likeness (QED) is 0.404. The molecule has 7 nitrogen and oxygen atoms in total. The zero-order valence-corrected chi connectivity index (χ0v) is 15.4. The standard InChI is InChI=1S/C19H19ClN2O5/c1-26-18-12-16(20)15(11-17(18)22(24)25)9-5-6-10-21-19(23)27-13-14-7-3-2-4-8-14/h2-5,7-9,11-12H,6,10,13H2,1H3,(H,21,23). The van der Waals surface area contributed by atoms with E-state index >= 15 is 0 Å². The zero-order chi connectivity index (χ0) is 19.6. The molecule has 0 unspecified atom stereocenters. The Bertz CT molecular complexity index is 824. The van der Waals surface area contributed by atoms with Gasteiger partial charge in [0, 0.05) is 18.7 Å². The molecule has 1 amide bonds. The summed E-state index contributed by atoms with van der Waals surface area (Å²) in [4.78, 5) is 22.2. The normalized spacial score (nSPS) is 10.6. The first-order chi connectivity index (χ1) is 13.0. The molecule has 0 aliphatic heterocycles. The van der Waals surface area contributed by atoms with E-state index in [9.17, 15) is 14.9 Å². The smallest absolute Gasteiger partial charge is 0.407 e. The van der Waals surface area contributed by atoms with Crippen LogP contribution < -0.4 is 10.1 Å². The third-order valence-electron chi connectivity index (χ3n) is 3.59. The topological polar surface area (TPSA) is 90.7 Å². The number of amides is 1. The van der Waals surface area contributed by atoms with E-state index in [4.69, 9.17) is 21.1 Å². The number of halogens is 1. The fraction of sp³-hybridized carbons (Fsp3) is 0.211. The summed E-state index contributed by atoms with van der Waals surface area (Å²) in [7, 11) is 1.34. The van der Waals surface area contributed by atoms with Crippen LogP contribution in [0.25, 0.3) is 6.08 Å². The summed E-state index contributed by atoms with van der Waals surface area (Å²) >= 11 is 6.10. The lowest BCUT2D eigenvalue weighted by Crippen LogP contribution is -2.24. The Morgan fingerprint density at radius 3 is 2.70 bits per heavy atom. The Labute approximate surface area is 161 Å². The van der Waals surface area contributed by atoms with E-state index in [0.29, 0.717) is 23.6 Å². The molecule has 27 heavy (non-hydrogen) atoms. The van der Waals surface area contributed by atoms with Crippen LogP contribution in [0.3, 0.4) is 0 Å². The Morgan fingerprint density at radius 1 is 1.30 bits per heavy atom. The molecular weight excluding hydrogens is 372 g/mol. The van der Waals surface area contributed by atoms with Crippen molar-refractivity contribution < 1.29 is 19.2 Å². The molecule has 2 aromatic rings. The molecule has 2 rings (SSSR count). The first kappa shape index (κ1) is 20.3. The summed E-state index contributed by atoms with van der Waals surface area (Å²) in [5, 5.41) is 14.0. The van der Waals surface area contributed by atoms with Crippen molar-refractivity contribution >= 4 is 29.5 Å². The minimum atomic E-state index is -0.531. The minimum absolute atomic E-state index is 0.102. The van der Waals surface area contributed by atoms with Crippen molar-refractivity contribution in [3.05, 3.63) is 74.8 Å². The number of carbonyl (C=O) groups is 1. The van der Waals surface area contributed by atoms with Gasteiger partial charge in [0.25, 0.3) is 0 Å². The fourth-order valence-electron chi connectivity index (χ4n) is 2.24. The van der Waals surface area contributed by atoms with E-state index in [1.807, 2.05) is 30.3 Å². The van der Waals surface area contributed by atoms with Gasteiger partial charge in [0.1, 0.15) is 6.61 Å². The second kappa shape index (κ2) is 10.2. The van der Waals surface area contributed by atoms with E-state index in [-0.39, 0.29) is 18.0 Å². The van der Waals surface area contributed by atoms with Gasteiger partial charge in [0.2, 0.25) is 0 Å². The number of nitro groups is 1. The number of ether oxygens (including phenoxy) is 2. The maximum absolute atomic E-state index is 11.6. The predicted molar refractivity (Wildman–Crippen MR) is 103 cm³/mol. The number of alkyl carbamates (subject to hydrolysis) is 1. The molecule has 0 saturated carbocycles. The molecule has 2 aromatic carbocycles. The van der Waals surface area contributed by atoms with Crippen LogP contribution >= 0.6 is 11.6 Å². The van der Waals surface area contributed by atoms with Crippen LogP contribution in [0.1, 0.15) is 17.5 Å². The Morgan fingerprint density at radius 2 is 2.04 bits per heavy atom. The lowest BCUT2D eigenvalue weighted by atomic mass is 10.1. The van der Waals surface area contributed by atoms with Crippen LogP contribution in [0.4, 0.5) is 10.5 Å². The van der Waals surface area contributed by atoms with Gasteiger partial charge in [-0.15, -0.1) is 0 Å². The summed E-state index contributed by atoms with van der Waals surface area (Å²) < 4.78 is 10.1. The highest BCUT2D eigenvalue weighted by atomic mass is 35.5. The maximum atomic E-state index is 11.6. The average molecular weight is 391 g/mol. The predicted octanol–water partition coefficient (Wildman–Crippen LogP) is 4.59. The SMILES string of the molecule is COc1cc(Cl)c(C=CCCNC(=O)OCc2ccccc2)cc1[N+](=O)[O-]. The summed E-state index contributed by atoms with van der Waals surface area (Å²) in [6, 6.07) is 12.1. The monoisotopic (exact) mass is 390 g/mol. The second-order valence-corrected chi connectivity index (χ2v) is 5.89. The third-order valence-corrected chi connectivity index (χ3v) is 3.91. The summed E-state index contributed by atoms with van der Waals surface area (Å²) in [5.74, 6) is 0.102. The molecule has 0 aliphatic rings. The number of nitro benzene ring substituents is 1. The molecule has 0 aliphatic carbocycles. The minimum Gasteiger partial charge on any atom is -0.490 e. The van der Waals surface area contributed by atoms with Crippen LogP contribution in [0.5, 0.6) is 5.75 Å². The van der Waals surface area contributed by atoms with Crippen molar-refractivity contribution in [3.8, 4) is 5.75 Å². The molecule has 0 fully saturated rings. The van der Waals surface area contributed by atoms with Crippen molar-refractivity contribution in [2.45, 2.75) is 13.0 Å². The molecular formula is C19H19ClN2O5. The lowest BCUT2D eigenvalue weighted by Gasteiger charge is -2.06. The summed E-state index contributed by atoms with van der Waals surface area (Å²) in [5.41, 5.74) is 1.24. The highest BCUT2D eigenvalue weighted by molar-refractivity contribution is 6.32. The number of carbonyl (C=O) groups excluding carboxylic acids is 1. The first-order valence-corrected chi connectivity index (χ1v) is 8.52. The highest BCUT2D eigenvalue weighted by Crippen LogP contribution is 2.33. The van der Waals surface area contributed by atoms with E-state index in [1.54, 1.807) is 12.2 Å². The van der Waals surface area contributed by atoms with Crippen LogP contribution in [-0.4, -0.2) is 24.7 Å². The van der Waals surface area contributed by atoms with E-state index in [2.05, 4.69) is 5.32 Å². The Kier molecular flexibility index (Phi) is 7.63. The molecule has 8 heteroatoms. The molecule has 0 spiro atoms. The van der Waals surface area contributed by atoms with Gasteiger partial charge in [-0.3, -0.25) is 10.1 Å². The molecule has 142 valence electrons. The zero-order valence-electron chi connectivity index (χ0n) is 14.7. The van der Waals surface area contributed by atoms with E-state index < -0.39 is 11.0 Å². The van der Waals surface area contributed by atoms with Gasteiger partial charge < -0.3 is 14.8 Å². The van der Waals surface area contributed by atoms with Gasteiger partial charge in [-0.05, 0) is 17.5 Å². The van der Waals surface area contributed by atoms with Crippen LogP contribution in [0.15, 0.2) is 48.5 Å². The molecule has 0 heterocycles. The molecule has 0 saturated heterocycles. The van der Waals surface area contributed by atoms with Crippen LogP contribution in [0, 0.1) is 10.1 Å². The molecule has 0 atom stereocenters. The van der Waals surface area contributed by atoms with Gasteiger partial charge in [-0.25, -0.2) is 4.79 Å². The highest BCUT2D eigenvalue weighted by Gasteiger charge is 2.17. The Hall–Kier alpha value is -3.06. The number of rotatable bonds is 8. The van der Waals surface area contributed by atoms with Gasteiger partial charge in [0.05, 0.1) is 17.1 Å². The lowest BCUT2D eigenvalue weighted by molar-refractivity contribution is -0.385. The van der Waals surface area contributed by atoms with Crippen molar-refractivity contribution in [1.82, 2.24) is 5.32 Å².